The standard InChI is InChI=1S/C8H13N5O/c1-6-10-11-7-5-12(8(14)4-9)2-3-13(6)7/h2-5,9H2,1H3. The second kappa shape index (κ2) is 3.38. The first kappa shape index (κ1) is 9.14. The fourth-order valence-corrected chi connectivity index (χ4v) is 1.65. The van der Waals surface area contributed by atoms with Crippen LogP contribution < -0.4 is 5.73 Å². The molecule has 1 aromatic heterocycles. The van der Waals surface area contributed by atoms with Crippen molar-refractivity contribution in [2.24, 2.45) is 5.73 Å². The van der Waals surface area contributed by atoms with Crippen molar-refractivity contribution in [1.29, 1.82) is 0 Å². The van der Waals surface area contributed by atoms with Crippen LogP contribution in [0.4, 0.5) is 0 Å². The normalized spacial score (nSPS) is 15.4. The first-order valence-corrected chi connectivity index (χ1v) is 4.59. The molecule has 2 N–H and O–H groups in total. The van der Waals surface area contributed by atoms with E-state index in [4.69, 9.17) is 5.73 Å². The number of hydrogen-bond acceptors (Lipinski definition) is 4. The molecule has 1 aliphatic heterocycles. The Morgan fingerprint density at radius 3 is 3.00 bits per heavy atom. The summed E-state index contributed by atoms with van der Waals surface area (Å²) in [4.78, 5) is 13.0. The molecule has 1 aliphatic rings. The molecule has 1 aromatic rings. The average molecular weight is 195 g/mol. The molecule has 0 saturated carbocycles. The molecular weight excluding hydrogens is 182 g/mol. The van der Waals surface area contributed by atoms with Gasteiger partial charge in [0.2, 0.25) is 5.91 Å². The minimum atomic E-state index is -0.0306. The Bertz CT molecular complexity index is 359. The summed E-state index contributed by atoms with van der Waals surface area (Å²) in [7, 11) is 0. The van der Waals surface area contributed by atoms with Crippen LogP contribution >= 0.6 is 0 Å². The molecule has 2 rings (SSSR count). The fraction of sp³-hybridized carbons (Fsp3) is 0.625. The maximum absolute atomic E-state index is 11.3. The number of aromatic nitrogens is 3. The highest BCUT2D eigenvalue weighted by Gasteiger charge is 2.21. The van der Waals surface area contributed by atoms with Gasteiger partial charge in [-0.25, -0.2) is 0 Å². The monoisotopic (exact) mass is 195 g/mol. The van der Waals surface area contributed by atoms with Gasteiger partial charge in [0.1, 0.15) is 5.82 Å². The highest BCUT2D eigenvalue weighted by molar-refractivity contribution is 5.78. The van der Waals surface area contributed by atoms with Gasteiger partial charge in [0.15, 0.2) is 5.82 Å². The van der Waals surface area contributed by atoms with Gasteiger partial charge in [-0.2, -0.15) is 0 Å². The summed E-state index contributed by atoms with van der Waals surface area (Å²) < 4.78 is 2.03. The van der Waals surface area contributed by atoms with Crippen LogP contribution in [0.3, 0.4) is 0 Å². The van der Waals surface area contributed by atoms with Crippen LogP contribution in [0.25, 0.3) is 0 Å². The molecule has 1 amide bonds. The number of amides is 1. The number of carbonyl (C=O) groups is 1. The molecule has 14 heavy (non-hydrogen) atoms. The lowest BCUT2D eigenvalue weighted by Crippen LogP contribution is -2.41. The van der Waals surface area contributed by atoms with Gasteiger partial charge in [0, 0.05) is 13.1 Å². The van der Waals surface area contributed by atoms with E-state index in [-0.39, 0.29) is 12.5 Å². The predicted octanol–water partition coefficient (Wildman–Crippen LogP) is -1.11. The smallest absolute Gasteiger partial charge is 0.236 e. The van der Waals surface area contributed by atoms with Crippen molar-refractivity contribution in [3.8, 4) is 0 Å². The Labute approximate surface area is 81.7 Å². The van der Waals surface area contributed by atoms with Crippen LogP contribution in [0, 0.1) is 6.92 Å². The van der Waals surface area contributed by atoms with E-state index >= 15 is 0 Å². The quantitative estimate of drug-likeness (QED) is 0.616. The molecule has 0 saturated heterocycles. The van der Waals surface area contributed by atoms with Gasteiger partial charge < -0.3 is 15.2 Å². The minimum Gasteiger partial charge on any atom is -0.332 e. The summed E-state index contributed by atoms with van der Waals surface area (Å²) in [6.07, 6.45) is 0. The Morgan fingerprint density at radius 1 is 1.50 bits per heavy atom. The predicted molar refractivity (Wildman–Crippen MR) is 49.2 cm³/mol. The van der Waals surface area contributed by atoms with Gasteiger partial charge in [0.05, 0.1) is 13.1 Å². The van der Waals surface area contributed by atoms with Crippen molar-refractivity contribution in [3.63, 3.8) is 0 Å². The Kier molecular flexibility index (Phi) is 2.20. The molecule has 0 spiro atoms. The first-order valence-electron chi connectivity index (χ1n) is 4.59. The average Bonchev–Trinajstić information content (AvgIpc) is 2.59. The molecule has 0 aliphatic carbocycles. The molecular formula is C8H13N5O. The maximum Gasteiger partial charge on any atom is 0.236 e. The molecule has 0 bridgehead atoms. The maximum atomic E-state index is 11.3. The van der Waals surface area contributed by atoms with Crippen molar-refractivity contribution in [2.45, 2.75) is 20.0 Å². The minimum absolute atomic E-state index is 0.0306. The van der Waals surface area contributed by atoms with Gasteiger partial charge in [0.25, 0.3) is 0 Å². The third kappa shape index (κ3) is 1.37. The molecule has 0 aromatic carbocycles. The number of carbonyl (C=O) groups excluding carboxylic acids is 1. The van der Waals surface area contributed by atoms with E-state index in [1.807, 2.05) is 11.5 Å². The van der Waals surface area contributed by atoms with E-state index in [1.165, 1.54) is 0 Å². The molecule has 0 fully saturated rings. The molecule has 6 heteroatoms. The Morgan fingerprint density at radius 2 is 2.29 bits per heavy atom. The van der Waals surface area contributed by atoms with Gasteiger partial charge in [-0.1, -0.05) is 0 Å². The second-order valence-corrected chi connectivity index (χ2v) is 3.33. The SMILES string of the molecule is Cc1nnc2n1CCN(C(=O)CN)C2. The molecule has 0 unspecified atom stereocenters. The van der Waals surface area contributed by atoms with Crippen molar-refractivity contribution < 1.29 is 4.79 Å². The highest BCUT2D eigenvalue weighted by Crippen LogP contribution is 2.11. The third-order valence-corrected chi connectivity index (χ3v) is 2.47. The number of rotatable bonds is 1. The molecule has 6 nitrogen and oxygen atoms in total. The van der Waals surface area contributed by atoms with E-state index in [0.29, 0.717) is 13.1 Å². The van der Waals surface area contributed by atoms with Crippen LogP contribution in [0.1, 0.15) is 11.6 Å². The van der Waals surface area contributed by atoms with Gasteiger partial charge in [-0.05, 0) is 6.92 Å². The summed E-state index contributed by atoms with van der Waals surface area (Å²) in [5.41, 5.74) is 5.29. The summed E-state index contributed by atoms with van der Waals surface area (Å²) in [5.74, 6) is 1.72. The van der Waals surface area contributed by atoms with Crippen molar-refractivity contribution >= 4 is 5.91 Å². The molecule has 0 atom stereocenters. The largest absolute Gasteiger partial charge is 0.332 e. The second-order valence-electron chi connectivity index (χ2n) is 3.33. The summed E-state index contributed by atoms with van der Waals surface area (Å²) in [5, 5.41) is 7.96. The van der Waals surface area contributed by atoms with Crippen LogP contribution in [0.2, 0.25) is 0 Å². The fourth-order valence-electron chi connectivity index (χ4n) is 1.65. The van der Waals surface area contributed by atoms with Gasteiger partial charge in [-0.3, -0.25) is 4.79 Å². The lowest BCUT2D eigenvalue weighted by Gasteiger charge is -2.27. The number of nitrogens with two attached hydrogens (primary N) is 1. The topological polar surface area (TPSA) is 77.0 Å². The summed E-state index contributed by atoms with van der Waals surface area (Å²) in [6, 6.07) is 0. The van der Waals surface area contributed by atoms with E-state index < -0.39 is 0 Å². The van der Waals surface area contributed by atoms with Crippen LogP contribution in [0.5, 0.6) is 0 Å². The first-order chi connectivity index (χ1) is 6.72. The van der Waals surface area contributed by atoms with Crippen molar-refractivity contribution in [1.82, 2.24) is 19.7 Å². The molecule has 2 heterocycles. The lowest BCUT2D eigenvalue weighted by atomic mass is 10.3. The van der Waals surface area contributed by atoms with E-state index in [9.17, 15) is 4.79 Å². The van der Waals surface area contributed by atoms with E-state index in [1.54, 1.807) is 4.90 Å². The van der Waals surface area contributed by atoms with E-state index in [2.05, 4.69) is 10.2 Å². The van der Waals surface area contributed by atoms with Crippen LogP contribution in [0.15, 0.2) is 0 Å². The third-order valence-electron chi connectivity index (χ3n) is 2.47. The number of hydrogen-bond donors (Lipinski definition) is 1. The number of nitrogens with zero attached hydrogens (tertiary/aromatic N) is 4. The zero-order valence-electron chi connectivity index (χ0n) is 8.10. The number of fused-ring (bicyclic) bond motifs is 1. The lowest BCUT2D eigenvalue weighted by molar-refractivity contribution is -0.131. The zero-order valence-corrected chi connectivity index (χ0v) is 8.10. The molecule has 0 radical (unpaired) electrons. The summed E-state index contributed by atoms with van der Waals surface area (Å²) in [6.45, 7) is 3.96. The zero-order chi connectivity index (χ0) is 10.1. The van der Waals surface area contributed by atoms with Crippen molar-refractivity contribution in [3.05, 3.63) is 11.6 Å². The van der Waals surface area contributed by atoms with Crippen LogP contribution in [-0.4, -0.2) is 38.7 Å². The van der Waals surface area contributed by atoms with Gasteiger partial charge >= 0.3 is 0 Å². The summed E-state index contributed by atoms with van der Waals surface area (Å²) >= 11 is 0. The highest BCUT2D eigenvalue weighted by atomic mass is 16.2. The van der Waals surface area contributed by atoms with Crippen LogP contribution in [-0.2, 0) is 17.9 Å². The number of aryl methyl sites for hydroxylation is 1. The van der Waals surface area contributed by atoms with E-state index in [0.717, 1.165) is 18.2 Å². The molecule has 76 valence electrons. The van der Waals surface area contributed by atoms with Gasteiger partial charge in [-0.15, -0.1) is 10.2 Å². The Balaban J connectivity index is 2.18. The van der Waals surface area contributed by atoms with Crippen molar-refractivity contribution in [2.75, 3.05) is 13.1 Å². The Hall–Kier alpha value is -1.43.